The quantitative estimate of drug-likeness (QED) is 0.652. The molecule has 134 valence electrons. The van der Waals surface area contributed by atoms with Gasteiger partial charge in [-0.15, -0.1) is 0 Å². The molecule has 2 aromatic carbocycles. The predicted octanol–water partition coefficient (Wildman–Crippen LogP) is 3.75. The fraction of sp³-hybridized carbons (Fsp3) is 0.381. The van der Waals surface area contributed by atoms with E-state index in [4.69, 9.17) is 4.74 Å². The van der Waals surface area contributed by atoms with E-state index in [0.717, 1.165) is 30.0 Å². The molecule has 2 rings (SSSR count). The summed E-state index contributed by atoms with van der Waals surface area (Å²) in [4.78, 5) is 16.4. The highest BCUT2D eigenvalue weighted by atomic mass is 16.5. The van der Waals surface area contributed by atoms with Crippen LogP contribution >= 0.6 is 0 Å². The van der Waals surface area contributed by atoms with Gasteiger partial charge in [0.1, 0.15) is 5.75 Å². The monoisotopic (exact) mass is 340 g/mol. The molecule has 0 spiro atoms. The number of rotatable bonds is 9. The van der Waals surface area contributed by atoms with Crippen LogP contribution in [0, 0.1) is 6.92 Å². The first kappa shape index (κ1) is 19.0. The van der Waals surface area contributed by atoms with Crippen LogP contribution in [0.1, 0.15) is 18.9 Å². The fourth-order valence-corrected chi connectivity index (χ4v) is 2.74. The number of para-hydroxylation sites is 2. The van der Waals surface area contributed by atoms with Gasteiger partial charge in [0.05, 0.1) is 13.2 Å². The molecule has 0 heterocycles. The average Bonchev–Trinajstić information content (AvgIpc) is 2.61. The largest absolute Gasteiger partial charge is 0.493 e. The molecule has 0 bridgehead atoms. The van der Waals surface area contributed by atoms with Gasteiger partial charge in [-0.25, -0.2) is 0 Å². The zero-order valence-electron chi connectivity index (χ0n) is 15.4. The maximum Gasteiger partial charge on any atom is 0.241 e. The van der Waals surface area contributed by atoms with E-state index < -0.39 is 0 Å². The van der Waals surface area contributed by atoms with Gasteiger partial charge in [-0.3, -0.25) is 9.69 Å². The molecule has 0 N–H and O–H groups in total. The van der Waals surface area contributed by atoms with Crippen molar-refractivity contribution in [2.24, 2.45) is 0 Å². The Morgan fingerprint density at radius 2 is 1.72 bits per heavy atom. The lowest BCUT2D eigenvalue weighted by Crippen LogP contribution is -2.39. The highest BCUT2D eigenvalue weighted by Gasteiger charge is 2.15. The number of anilines is 1. The van der Waals surface area contributed by atoms with E-state index >= 15 is 0 Å². The Balaban J connectivity index is 1.75. The number of hydrogen-bond donors (Lipinski definition) is 0. The molecule has 0 unspecified atom stereocenters. The summed E-state index contributed by atoms with van der Waals surface area (Å²) in [6.07, 6.45) is 0.885. The number of ether oxygens (including phenoxy) is 1. The first-order valence-electron chi connectivity index (χ1n) is 8.84. The average molecular weight is 340 g/mol. The Morgan fingerprint density at radius 3 is 2.40 bits per heavy atom. The molecule has 0 saturated heterocycles. The van der Waals surface area contributed by atoms with Crippen LogP contribution in [-0.2, 0) is 4.79 Å². The third kappa shape index (κ3) is 5.91. The second-order valence-electron chi connectivity index (χ2n) is 6.18. The molecule has 0 radical (unpaired) electrons. The minimum atomic E-state index is 0.121. The lowest BCUT2D eigenvalue weighted by atomic mass is 10.2. The Morgan fingerprint density at radius 1 is 1.04 bits per heavy atom. The van der Waals surface area contributed by atoms with Crippen molar-refractivity contribution in [1.82, 2.24) is 4.90 Å². The maximum absolute atomic E-state index is 12.5. The molecular formula is C21H28N2O2. The van der Waals surface area contributed by atoms with Crippen LogP contribution in [0.5, 0.6) is 5.75 Å². The third-order valence-corrected chi connectivity index (χ3v) is 4.13. The van der Waals surface area contributed by atoms with Crippen LogP contribution in [0.15, 0.2) is 54.6 Å². The number of likely N-dealkylation sites (N-methyl/N-ethyl adjacent to an activating group) is 2. The number of hydrogen-bond acceptors (Lipinski definition) is 3. The van der Waals surface area contributed by atoms with E-state index in [1.165, 1.54) is 0 Å². The van der Waals surface area contributed by atoms with E-state index in [2.05, 4.69) is 4.90 Å². The van der Waals surface area contributed by atoms with Crippen molar-refractivity contribution < 1.29 is 9.53 Å². The number of benzene rings is 2. The molecule has 0 aromatic heterocycles. The Kier molecular flexibility index (Phi) is 7.48. The molecule has 0 fully saturated rings. The molecule has 0 atom stereocenters. The van der Waals surface area contributed by atoms with Crippen LogP contribution in [0.2, 0.25) is 0 Å². The van der Waals surface area contributed by atoms with Gasteiger partial charge in [0, 0.05) is 18.8 Å². The molecule has 0 aliphatic carbocycles. The Bertz CT molecular complexity index is 658. The molecule has 0 aliphatic rings. The van der Waals surface area contributed by atoms with Crippen LogP contribution in [-0.4, -0.2) is 44.1 Å². The lowest BCUT2D eigenvalue weighted by Gasteiger charge is -2.24. The van der Waals surface area contributed by atoms with Crippen molar-refractivity contribution in [1.29, 1.82) is 0 Å². The Labute approximate surface area is 151 Å². The van der Waals surface area contributed by atoms with Gasteiger partial charge >= 0.3 is 0 Å². The first-order valence-corrected chi connectivity index (χ1v) is 8.84. The Hall–Kier alpha value is -2.33. The van der Waals surface area contributed by atoms with Crippen LogP contribution in [0.25, 0.3) is 0 Å². The van der Waals surface area contributed by atoms with Gasteiger partial charge in [0.25, 0.3) is 0 Å². The molecule has 2 aromatic rings. The lowest BCUT2D eigenvalue weighted by molar-refractivity contribution is -0.119. The standard InChI is InChI=1S/C21H28N2O2/c1-4-23(19-12-6-5-7-13-19)21(24)17-22(3)15-10-16-25-20-14-9-8-11-18(20)2/h5-9,11-14H,4,10,15-17H2,1-3H3. The second kappa shape index (κ2) is 9.84. The zero-order chi connectivity index (χ0) is 18.1. The van der Waals surface area contributed by atoms with Gasteiger partial charge in [-0.05, 0) is 51.1 Å². The van der Waals surface area contributed by atoms with Gasteiger partial charge in [0.2, 0.25) is 5.91 Å². The van der Waals surface area contributed by atoms with Gasteiger partial charge in [-0.2, -0.15) is 0 Å². The van der Waals surface area contributed by atoms with Crippen molar-refractivity contribution in [2.45, 2.75) is 20.3 Å². The van der Waals surface area contributed by atoms with Crippen molar-refractivity contribution in [3.63, 3.8) is 0 Å². The summed E-state index contributed by atoms with van der Waals surface area (Å²) in [6, 6.07) is 17.8. The van der Waals surface area contributed by atoms with Crippen molar-refractivity contribution in [3.05, 3.63) is 60.2 Å². The van der Waals surface area contributed by atoms with Gasteiger partial charge < -0.3 is 9.64 Å². The number of nitrogens with zero attached hydrogens (tertiary/aromatic N) is 2. The first-order chi connectivity index (χ1) is 12.1. The molecule has 4 heteroatoms. The van der Waals surface area contributed by atoms with E-state index in [9.17, 15) is 4.79 Å². The van der Waals surface area contributed by atoms with Crippen molar-refractivity contribution in [2.75, 3.05) is 38.2 Å². The maximum atomic E-state index is 12.5. The summed E-state index contributed by atoms with van der Waals surface area (Å²) in [7, 11) is 1.98. The number of amides is 1. The molecule has 4 nitrogen and oxygen atoms in total. The number of carbonyl (C=O) groups is 1. The van der Waals surface area contributed by atoms with Crippen LogP contribution < -0.4 is 9.64 Å². The summed E-state index contributed by atoms with van der Waals surface area (Å²) in [5.41, 5.74) is 2.10. The highest BCUT2D eigenvalue weighted by Crippen LogP contribution is 2.16. The summed E-state index contributed by atoms with van der Waals surface area (Å²) < 4.78 is 5.81. The van der Waals surface area contributed by atoms with Gasteiger partial charge in [-0.1, -0.05) is 36.4 Å². The minimum absolute atomic E-state index is 0.121. The molecule has 0 saturated carbocycles. The number of carbonyl (C=O) groups excluding carboxylic acids is 1. The fourth-order valence-electron chi connectivity index (χ4n) is 2.74. The van der Waals surface area contributed by atoms with E-state index in [-0.39, 0.29) is 5.91 Å². The van der Waals surface area contributed by atoms with E-state index in [1.807, 2.05) is 80.4 Å². The predicted molar refractivity (Wildman–Crippen MR) is 103 cm³/mol. The SMILES string of the molecule is CCN(C(=O)CN(C)CCCOc1ccccc1C)c1ccccc1. The summed E-state index contributed by atoms with van der Waals surface area (Å²) in [6.45, 7) is 6.60. The van der Waals surface area contributed by atoms with Crippen LogP contribution in [0.3, 0.4) is 0 Å². The third-order valence-electron chi connectivity index (χ3n) is 4.13. The van der Waals surface area contributed by atoms with Crippen molar-refractivity contribution >= 4 is 11.6 Å². The zero-order valence-corrected chi connectivity index (χ0v) is 15.4. The molecular weight excluding hydrogens is 312 g/mol. The minimum Gasteiger partial charge on any atom is -0.493 e. The smallest absolute Gasteiger partial charge is 0.241 e. The van der Waals surface area contributed by atoms with Crippen molar-refractivity contribution in [3.8, 4) is 5.75 Å². The molecule has 0 aliphatic heterocycles. The van der Waals surface area contributed by atoms with E-state index in [0.29, 0.717) is 19.7 Å². The molecule has 25 heavy (non-hydrogen) atoms. The summed E-state index contributed by atoms with van der Waals surface area (Å²) >= 11 is 0. The summed E-state index contributed by atoms with van der Waals surface area (Å²) in [5.74, 6) is 1.05. The number of aryl methyl sites for hydroxylation is 1. The van der Waals surface area contributed by atoms with Gasteiger partial charge in [0.15, 0.2) is 0 Å². The second-order valence-corrected chi connectivity index (χ2v) is 6.18. The summed E-state index contributed by atoms with van der Waals surface area (Å²) in [5, 5.41) is 0. The highest BCUT2D eigenvalue weighted by molar-refractivity contribution is 5.94. The topological polar surface area (TPSA) is 32.8 Å². The van der Waals surface area contributed by atoms with Crippen LogP contribution in [0.4, 0.5) is 5.69 Å². The normalized spacial score (nSPS) is 10.7. The molecule has 1 amide bonds. The van der Waals surface area contributed by atoms with E-state index in [1.54, 1.807) is 0 Å².